The Morgan fingerprint density at radius 3 is 2.62 bits per heavy atom. The highest BCUT2D eigenvalue weighted by Crippen LogP contribution is 2.47. The van der Waals surface area contributed by atoms with Gasteiger partial charge >= 0.3 is 5.97 Å². The number of amidine groups is 1. The summed E-state index contributed by atoms with van der Waals surface area (Å²) >= 11 is 1.46. The van der Waals surface area contributed by atoms with Crippen molar-refractivity contribution >= 4 is 34.5 Å². The van der Waals surface area contributed by atoms with Crippen molar-refractivity contribution < 1.29 is 14.3 Å². The molecular weight excluding hydrogens is 508 g/mol. The molecule has 0 aliphatic carbocycles. The number of hydrogen-bond donors (Lipinski definition) is 1. The van der Waals surface area contributed by atoms with Crippen molar-refractivity contribution in [3.63, 3.8) is 0 Å². The van der Waals surface area contributed by atoms with E-state index in [1.807, 2.05) is 72.7 Å². The summed E-state index contributed by atoms with van der Waals surface area (Å²) in [4.78, 5) is 37.8. The van der Waals surface area contributed by atoms with E-state index in [1.54, 1.807) is 19.3 Å². The third-order valence-electron chi connectivity index (χ3n) is 6.63. The van der Waals surface area contributed by atoms with E-state index in [-0.39, 0.29) is 18.9 Å². The molecular formula is C31H30N4O3S. The van der Waals surface area contributed by atoms with Crippen LogP contribution < -0.4 is 5.32 Å². The van der Waals surface area contributed by atoms with E-state index in [4.69, 9.17) is 9.73 Å². The van der Waals surface area contributed by atoms with Gasteiger partial charge in [-0.2, -0.15) is 0 Å². The molecule has 1 N–H and O–H groups in total. The van der Waals surface area contributed by atoms with E-state index in [0.717, 1.165) is 38.7 Å². The van der Waals surface area contributed by atoms with E-state index >= 15 is 0 Å². The molecule has 0 fully saturated rings. The van der Waals surface area contributed by atoms with Gasteiger partial charge in [-0.3, -0.25) is 9.78 Å². The zero-order valence-corrected chi connectivity index (χ0v) is 23.0. The fourth-order valence-corrected chi connectivity index (χ4v) is 5.76. The van der Waals surface area contributed by atoms with Crippen LogP contribution in [0.25, 0.3) is 5.70 Å². The molecule has 2 aliphatic rings. The molecule has 1 amide bonds. The number of carbonyl (C=O) groups excluding carboxylic acids is 2. The number of amides is 1. The number of benzene rings is 2. The van der Waals surface area contributed by atoms with Gasteiger partial charge in [-0.05, 0) is 48.9 Å². The highest BCUT2D eigenvalue weighted by Gasteiger charge is 2.42. The zero-order chi connectivity index (χ0) is 27.4. The van der Waals surface area contributed by atoms with Crippen LogP contribution in [0.2, 0.25) is 0 Å². The van der Waals surface area contributed by atoms with Crippen molar-refractivity contribution in [2.45, 2.75) is 39.8 Å². The average Bonchev–Trinajstić information content (AvgIpc) is 3.34. The second-order valence-corrected chi connectivity index (χ2v) is 10.3. The van der Waals surface area contributed by atoms with Crippen LogP contribution in [-0.4, -0.2) is 33.5 Å². The second-order valence-electron chi connectivity index (χ2n) is 9.42. The topological polar surface area (TPSA) is 83.9 Å². The first-order chi connectivity index (χ1) is 19.0. The number of aromatic nitrogens is 1. The number of nitrogens with zero attached hydrogens (tertiary/aromatic N) is 3. The van der Waals surface area contributed by atoms with Gasteiger partial charge < -0.3 is 15.0 Å². The maximum Gasteiger partial charge on any atom is 0.338 e. The Balaban J connectivity index is 1.55. The van der Waals surface area contributed by atoms with Gasteiger partial charge in [-0.25, -0.2) is 9.79 Å². The fourth-order valence-electron chi connectivity index (χ4n) is 4.85. The minimum Gasteiger partial charge on any atom is -0.463 e. The molecule has 0 spiro atoms. The Bertz CT molecular complexity index is 1480. The van der Waals surface area contributed by atoms with Crippen LogP contribution in [0.3, 0.4) is 0 Å². The zero-order valence-electron chi connectivity index (χ0n) is 22.2. The molecule has 1 aromatic heterocycles. The number of esters is 1. The van der Waals surface area contributed by atoms with E-state index in [9.17, 15) is 9.59 Å². The van der Waals surface area contributed by atoms with Crippen molar-refractivity contribution in [3.05, 3.63) is 118 Å². The normalized spacial score (nSPS) is 16.4. The number of hydrogen-bond acceptors (Lipinski definition) is 7. The van der Waals surface area contributed by atoms with Crippen LogP contribution in [0.1, 0.15) is 47.2 Å². The average molecular weight is 539 g/mol. The number of thioether (sulfide) groups is 1. The van der Waals surface area contributed by atoms with Crippen molar-refractivity contribution in [1.29, 1.82) is 0 Å². The van der Waals surface area contributed by atoms with Crippen LogP contribution >= 0.6 is 11.8 Å². The molecule has 0 saturated carbocycles. The SMILES string of the molecule is CCOC(=O)C1=C(c2ccccc2)N=C2SC=C(CC(=O)NCc3cccnc3)N2C1c1ccc(C)cc1C. The summed E-state index contributed by atoms with van der Waals surface area (Å²) in [6, 6.07) is 19.2. The summed E-state index contributed by atoms with van der Waals surface area (Å²) in [6.07, 6.45) is 3.58. The maximum absolute atomic E-state index is 13.6. The maximum atomic E-state index is 13.6. The number of fused-ring (bicyclic) bond motifs is 1. The highest BCUT2D eigenvalue weighted by atomic mass is 32.2. The second kappa shape index (κ2) is 11.7. The quantitative estimate of drug-likeness (QED) is 0.372. The first-order valence-corrected chi connectivity index (χ1v) is 13.8. The lowest BCUT2D eigenvalue weighted by atomic mass is 9.88. The van der Waals surface area contributed by atoms with Crippen molar-refractivity contribution in [1.82, 2.24) is 15.2 Å². The number of aliphatic imine (C=N–C) groups is 1. The number of carbonyl (C=O) groups is 2. The first-order valence-electron chi connectivity index (χ1n) is 12.9. The van der Waals surface area contributed by atoms with Gasteiger partial charge in [-0.15, -0.1) is 0 Å². The molecule has 1 unspecified atom stereocenters. The van der Waals surface area contributed by atoms with Gasteiger partial charge in [0.15, 0.2) is 5.17 Å². The monoisotopic (exact) mass is 538 g/mol. The minimum atomic E-state index is -0.500. The van der Waals surface area contributed by atoms with Crippen LogP contribution in [-0.2, 0) is 20.9 Å². The summed E-state index contributed by atoms with van der Waals surface area (Å²) < 4.78 is 5.60. The summed E-state index contributed by atoms with van der Waals surface area (Å²) in [5, 5.41) is 5.66. The molecule has 2 aliphatic heterocycles. The molecule has 0 radical (unpaired) electrons. The third kappa shape index (κ3) is 5.66. The van der Waals surface area contributed by atoms with E-state index < -0.39 is 12.0 Å². The Morgan fingerprint density at radius 1 is 1.08 bits per heavy atom. The molecule has 5 rings (SSSR count). The summed E-state index contributed by atoms with van der Waals surface area (Å²) in [6.45, 7) is 6.53. The van der Waals surface area contributed by atoms with Gasteiger partial charge in [0.05, 0.1) is 30.3 Å². The van der Waals surface area contributed by atoms with E-state index in [1.165, 1.54) is 11.8 Å². The molecule has 0 saturated heterocycles. The molecule has 7 nitrogen and oxygen atoms in total. The van der Waals surface area contributed by atoms with Crippen molar-refractivity contribution in [3.8, 4) is 0 Å². The van der Waals surface area contributed by atoms with Crippen LogP contribution in [0, 0.1) is 13.8 Å². The predicted octanol–water partition coefficient (Wildman–Crippen LogP) is 5.68. The van der Waals surface area contributed by atoms with Gasteiger partial charge in [0, 0.05) is 30.2 Å². The largest absolute Gasteiger partial charge is 0.463 e. The lowest BCUT2D eigenvalue weighted by Crippen LogP contribution is -2.38. The molecule has 0 bridgehead atoms. The van der Waals surface area contributed by atoms with E-state index in [0.29, 0.717) is 17.8 Å². The predicted molar refractivity (Wildman–Crippen MR) is 154 cm³/mol. The Hall–Kier alpha value is -4.17. The molecule has 8 heteroatoms. The molecule has 1 atom stereocenters. The van der Waals surface area contributed by atoms with Crippen molar-refractivity contribution in [2.24, 2.45) is 4.99 Å². The van der Waals surface area contributed by atoms with Gasteiger partial charge in [0.25, 0.3) is 0 Å². The Kier molecular flexibility index (Phi) is 7.93. The molecule has 2 aromatic carbocycles. The highest BCUT2D eigenvalue weighted by molar-refractivity contribution is 8.16. The van der Waals surface area contributed by atoms with Gasteiger partial charge in [-0.1, -0.05) is 71.9 Å². The number of aryl methyl sites for hydroxylation is 2. The van der Waals surface area contributed by atoms with Crippen LogP contribution in [0.5, 0.6) is 0 Å². The number of pyridine rings is 1. The number of rotatable bonds is 8. The molecule has 3 aromatic rings. The summed E-state index contributed by atoms with van der Waals surface area (Å²) in [5.74, 6) is -0.539. The first kappa shape index (κ1) is 26.4. The number of nitrogens with one attached hydrogen (secondary N) is 1. The van der Waals surface area contributed by atoms with Crippen molar-refractivity contribution in [2.75, 3.05) is 6.61 Å². The molecule has 198 valence electrons. The van der Waals surface area contributed by atoms with E-state index in [2.05, 4.69) is 22.4 Å². The third-order valence-corrected chi connectivity index (χ3v) is 7.52. The van der Waals surface area contributed by atoms with Gasteiger partial charge in [0.2, 0.25) is 5.91 Å². The fraction of sp³-hybridized carbons (Fsp3) is 0.226. The van der Waals surface area contributed by atoms with Crippen LogP contribution in [0.4, 0.5) is 0 Å². The summed E-state index contributed by atoms with van der Waals surface area (Å²) in [7, 11) is 0. The Morgan fingerprint density at radius 2 is 1.90 bits per heavy atom. The lowest BCUT2D eigenvalue weighted by molar-refractivity contribution is -0.139. The smallest absolute Gasteiger partial charge is 0.338 e. The number of ether oxygens (including phenoxy) is 1. The van der Waals surface area contributed by atoms with Crippen LogP contribution in [0.15, 0.2) is 94.7 Å². The Labute approximate surface area is 232 Å². The minimum absolute atomic E-state index is 0.123. The lowest BCUT2D eigenvalue weighted by Gasteiger charge is -2.37. The molecule has 3 heterocycles. The molecule has 39 heavy (non-hydrogen) atoms. The summed E-state index contributed by atoms with van der Waals surface area (Å²) in [5.41, 5.74) is 6.74. The standard InChI is InChI=1S/C31H30N4O3S/c1-4-38-30(37)27-28(23-10-6-5-7-11-23)34-31-35(29(27)25-13-12-20(2)15-21(25)3)24(19-39-31)16-26(36)33-18-22-9-8-14-32-17-22/h5-15,17,19,29H,4,16,18H2,1-3H3,(H,33,36). The van der Waals surface area contributed by atoms with Gasteiger partial charge in [0.1, 0.15) is 0 Å².